The number of carbonyl (C=O) groups excluding carboxylic acids is 1. The lowest BCUT2D eigenvalue weighted by molar-refractivity contribution is -0.0905. The summed E-state index contributed by atoms with van der Waals surface area (Å²) in [5.74, 6) is 0.411. The molecule has 2 fully saturated rings. The third-order valence-corrected chi connectivity index (χ3v) is 8.24. The van der Waals surface area contributed by atoms with Gasteiger partial charge in [0.1, 0.15) is 6.61 Å². The second-order valence-corrected chi connectivity index (χ2v) is 11.5. The highest BCUT2D eigenvalue weighted by Gasteiger charge is 2.59. The fourth-order valence-electron chi connectivity index (χ4n) is 6.54. The fourth-order valence-corrected chi connectivity index (χ4v) is 6.98. The third-order valence-electron chi connectivity index (χ3n) is 7.67. The van der Waals surface area contributed by atoms with Crippen molar-refractivity contribution in [1.82, 2.24) is 9.88 Å². The van der Waals surface area contributed by atoms with Crippen LogP contribution < -0.4 is 5.56 Å². The number of ether oxygens (including phenoxy) is 1. The fraction of sp³-hybridized carbons (Fsp3) is 0.520. The minimum Gasteiger partial charge on any atom is -0.445 e. The Morgan fingerprint density at radius 2 is 2.00 bits per heavy atom. The van der Waals surface area contributed by atoms with Crippen molar-refractivity contribution in [3.63, 3.8) is 0 Å². The van der Waals surface area contributed by atoms with Crippen LogP contribution in [-0.4, -0.2) is 43.8 Å². The molecule has 182 valence electrons. The molecule has 34 heavy (non-hydrogen) atoms. The lowest BCUT2D eigenvalue weighted by Gasteiger charge is -2.61. The smallest absolute Gasteiger partial charge is 0.410 e. The molecule has 1 N–H and O–H groups in total. The maximum atomic E-state index is 13.5. The molecule has 8 nitrogen and oxygen atoms in total. The Kier molecular flexibility index (Phi) is 6.02. The first kappa shape index (κ1) is 23.1. The van der Waals surface area contributed by atoms with E-state index in [1.54, 1.807) is 0 Å². The van der Waals surface area contributed by atoms with Crippen LogP contribution in [0.25, 0.3) is 0 Å². The average molecular weight is 487 g/mol. The van der Waals surface area contributed by atoms with E-state index in [0.29, 0.717) is 19.4 Å². The van der Waals surface area contributed by atoms with Crippen molar-refractivity contribution in [3.8, 4) is 0 Å². The zero-order valence-electron chi connectivity index (χ0n) is 19.2. The number of aromatic nitrogens is 1. The van der Waals surface area contributed by atoms with Crippen LogP contribution in [0.5, 0.6) is 0 Å². The van der Waals surface area contributed by atoms with Gasteiger partial charge in [0.25, 0.3) is 10.1 Å². The molecule has 5 rings (SSSR count). The summed E-state index contributed by atoms with van der Waals surface area (Å²) in [6.07, 6.45) is 4.62. The first-order valence-corrected chi connectivity index (χ1v) is 13.6. The van der Waals surface area contributed by atoms with Crippen LogP contribution in [0.4, 0.5) is 4.79 Å². The van der Waals surface area contributed by atoms with Crippen LogP contribution in [-0.2, 0) is 37.6 Å². The standard InChI is InChI=1S/C25H30N2O6S/c1-34(30,31)33-16-18-12-19-13-22-21(9-10-23(28)26-22)25(14-18)20(19)8-5-11-27(25)24(29)32-15-17-6-3-2-4-7-17/h2-4,6-7,9-10,18-20H,5,8,11-16H2,1H3,(H,26,28)/t18-,19+,20-,25-/m1/s1. The number of likely N-dealkylation sites (tertiary alicyclic amines) is 1. The van der Waals surface area contributed by atoms with Gasteiger partial charge in [-0.1, -0.05) is 30.3 Å². The molecule has 0 radical (unpaired) electrons. The molecule has 1 aromatic heterocycles. The molecule has 4 atom stereocenters. The van der Waals surface area contributed by atoms with Crippen LogP contribution in [0.2, 0.25) is 0 Å². The monoisotopic (exact) mass is 486 g/mol. The normalized spacial score (nSPS) is 28.0. The van der Waals surface area contributed by atoms with E-state index in [0.717, 1.165) is 42.3 Å². The van der Waals surface area contributed by atoms with Gasteiger partial charge in [-0.3, -0.25) is 13.9 Å². The molecule has 2 bridgehead atoms. The minimum absolute atomic E-state index is 0.0291. The van der Waals surface area contributed by atoms with Gasteiger partial charge in [-0.15, -0.1) is 0 Å². The van der Waals surface area contributed by atoms with E-state index in [-0.39, 0.29) is 42.6 Å². The number of pyridine rings is 1. The van der Waals surface area contributed by atoms with E-state index in [2.05, 4.69) is 4.98 Å². The number of aromatic amines is 1. The van der Waals surface area contributed by atoms with Crippen molar-refractivity contribution in [1.29, 1.82) is 0 Å². The molecule has 2 aromatic rings. The number of benzene rings is 1. The average Bonchev–Trinajstić information content (AvgIpc) is 2.80. The molecule has 0 spiro atoms. The largest absolute Gasteiger partial charge is 0.445 e. The number of carbonyl (C=O) groups is 1. The Labute approximate surface area is 199 Å². The first-order chi connectivity index (χ1) is 16.3. The number of nitrogens with one attached hydrogen (secondary N) is 1. The quantitative estimate of drug-likeness (QED) is 0.651. The Morgan fingerprint density at radius 1 is 1.21 bits per heavy atom. The van der Waals surface area contributed by atoms with Crippen LogP contribution in [0, 0.1) is 17.8 Å². The maximum Gasteiger partial charge on any atom is 0.410 e. The van der Waals surface area contributed by atoms with Crippen molar-refractivity contribution < 1.29 is 22.1 Å². The van der Waals surface area contributed by atoms with Crippen molar-refractivity contribution in [2.45, 2.75) is 44.2 Å². The van der Waals surface area contributed by atoms with E-state index in [1.807, 2.05) is 41.3 Å². The molecule has 1 aromatic carbocycles. The van der Waals surface area contributed by atoms with E-state index in [9.17, 15) is 18.0 Å². The van der Waals surface area contributed by atoms with Gasteiger partial charge in [0.15, 0.2) is 0 Å². The number of hydrogen-bond donors (Lipinski definition) is 1. The zero-order valence-corrected chi connectivity index (χ0v) is 20.1. The SMILES string of the molecule is CS(=O)(=O)OC[C@@H]1C[C@H]2Cc3[nH]c(=O)ccc3[C@@]3(C1)[C@@H]2CCCN3C(=O)OCc1ccccc1. The number of fused-ring (bicyclic) bond motifs is 1. The van der Waals surface area contributed by atoms with Gasteiger partial charge in [-0.05, 0) is 67.1 Å². The Bertz CT molecular complexity index is 1230. The number of hydrogen-bond acceptors (Lipinski definition) is 6. The molecule has 1 aliphatic heterocycles. The van der Waals surface area contributed by atoms with Crippen molar-refractivity contribution >= 4 is 16.2 Å². The summed E-state index contributed by atoms with van der Waals surface area (Å²) in [4.78, 5) is 30.5. The third kappa shape index (κ3) is 4.27. The Morgan fingerprint density at radius 3 is 2.76 bits per heavy atom. The molecule has 1 saturated carbocycles. The lowest BCUT2D eigenvalue weighted by atomic mass is 9.53. The lowest BCUT2D eigenvalue weighted by Crippen LogP contribution is -2.64. The van der Waals surface area contributed by atoms with Gasteiger partial charge in [0, 0.05) is 18.3 Å². The maximum absolute atomic E-state index is 13.5. The summed E-state index contributed by atoms with van der Waals surface area (Å²) in [7, 11) is -3.57. The molecule has 1 amide bonds. The summed E-state index contributed by atoms with van der Waals surface area (Å²) < 4.78 is 34.3. The van der Waals surface area contributed by atoms with Crippen LogP contribution in [0.15, 0.2) is 47.3 Å². The molecule has 0 unspecified atom stereocenters. The summed E-state index contributed by atoms with van der Waals surface area (Å²) in [5, 5.41) is 0. The summed E-state index contributed by atoms with van der Waals surface area (Å²) in [6.45, 7) is 0.823. The molecule has 9 heteroatoms. The van der Waals surface area contributed by atoms with E-state index >= 15 is 0 Å². The number of rotatable bonds is 5. The highest BCUT2D eigenvalue weighted by atomic mass is 32.2. The van der Waals surface area contributed by atoms with Gasteiger partial charge in [0.2, 0.25) is 5.56 Å². The number of nitrogens with zero attached hydrogens (tertiary/aromatic N) is 1. The summed E-state index contributed by atoms with van der Waals surface area (Å²) in [6, 6.07) is 12.9. The number of amides is 1. The molecule has 2 heterocycles. The van der Waals surface area contributed by atoms with E-state index in [4.69, 9.17) is 8.92 Å². The molecular weight excluding hydrogens is 456 g/mol. The summed E-state index contributed by atoms with van der Waals surface area (Å²) in [5.41, 5.74) is 1.93. The topological polar surface area (TPSA) is 106 Å². The second kappa shape index (κ2) is 8.85. The van der Waals surface area contributed by atoms with Crippen molar-refractivity contribution in [2.24, 2.45) is 17.8 Å². The molecule has 1 saturated heterocycles. The molecular formula is C25H30N2O6S. The molecule has 3 aliphatic rings. The van der Waals surface area contributed by atoms with Gasteiger partial charge in [0.05, 0.1) is 18.4 Å². The van der Waals surface area contributed by atoms with Gasteiger partial charge in [-0.2, -0.15) is 8.42 Å². The number of piperidine rings is 1. The zero-order chi connectivity index (χ0) is 23.9. The van der Waals surface area contributed by atoms with Gasteiger partial charge >= 0.3 is 6.09 Å². The predicted molar refractivity (Wildman–Crippen MR) is 126 cm³/mol. The van der Waals surface area contributed by atoms with E-state index in [1.165, 1.54) is 6.07 Å². The van der Waals surface area contributed by atoms with Crippen LogP contribution in [0.1, 0.15) is 42.5 Å². The van der Waals surface area contributed by atoms with Crippen molar-refractivity contribution in [3.05, 3.63) is 69.6 Å². The van der Waals surface area contributed by atoms with E-state index < -0.39 is 15.7 Å². The second-order valence-electron chi connectivity index (χ2n) is 9.84. The van der Waals surface area contributed by atoms with Crippen LogP contribution >= 0.6 is 0 Å². The molecule has 2 aliphatic carbocycles. The number of H-pyrrole nitrogens is 1. The summed E-state index contributed by atoms with van der Waals surface area (Å²) >= 11 is 0. The predicted octanol–water partition coefficient (Wildman–Crippen LogP) is 3.18. The van der Waals surface area contributed by atoms with Gasteiger partial charge < -0.3 is 9.72 Å². The van der Waals surface area contributed by atoms with Gasteiger partial charge in [-0.25, -0.2) is 4.79 Å². The highest BCUT2D eigenvalue weighted by Crippen LogP contribution is 2.58. The Balaban J connectivity index is 1.51. The van der Waals surface area contributed by atoms with Crippen molar-refractivity contribution in [2.75, 3.05) is 19.4 Å². The first-order valence-electron chi connectivity index (χ1n) is 11.8. The minimum atomic E-state index is -3.57. The van der Waals surface area contributed by atoms with Crippen LogP contribution in [0.3, 0.4) is 0 Å². The Hall–Kier alpha value is -2.65. The highest BCUT2D eigenvalue weighted by molar-refractivity contribution is 7.85.